The zero-order valence-electron chi connectivity index (χ0n) is 18.1. The molecule has 0 spiro atoms. The summed E-state index contributed by atoms with van der Waals surface area (Å²) in [5, 5.41) is 9.62. The van der Waals surface area contributed by atoms with Gasteiger partial charge in [-0.3, -0.25) is 9.36 Å². The molecule has 3 heterocycles. The van der Waals surface area contributed by atoms with Gasteiger partial charge in [0.15, 0.2) is 11.0 Å². The molecular weight excluding hydrogens is 420 g/mol. The van der Waals surface area contributed by atoms with Crippen molar-refractivity contribution in [3.8, 4) is 11.4 Å². The predicted octanol–water partition coefficient (Wildman–Crippen LogP) is 4.96. The number of nitrogens with zero attached hydrogens (tertiary/aromatic N) is 4. The molecule has 162 valence electrons. The molecule has 1 aliphatic rings. The fourth-order valence-corrected chi connectivity index (χ4v) is 5.06. The first-order valence-corrected chi connectivity index (χ1v) is 11.6. The Hall–Kier alpha value is -3.32. The first-order chi connectivity index (χ1) is 15.6. The molecule has 2 aromatic carbocycles. The molecule has 2 aromatic heterocycles. The van der Waals surface area contributed by atoms with Gasteiger partial charge in [0.2, 0.25) is 5.91 Å². The summed E-state index contributed by atoms with van der Waals surface area (Å²) in [4.78, 5) is 15.1. The number of hydrogen-bond acceptors (Lipinski definition) is 5. The van der Waals surface area contributed by atoms with Crippen LogP contribution in [0.1, 0.15) is 23.8 Å². The number of amides is 1. The van der Waals surface area contributed by atoms with Crippen LogP contribution in [0.2, 0.25) is 0 Å². The molecule has 1 atom stereocenters. The maximum Gasteiger partial charge on any atom is 0.237 e. The summed E-state index contributed by atoms with van der Waals surface area (Å²) >= 11 is 1.42. The molecule has 1 aliphatic heterocycles. The Balaban J connectivity index is 1.41. The average molecular weight is 445 g/mol. The second-order valence-electron chi connectivity index (χ2n) is 8.02. The molecule has 6 nitrogen and oxygen atoms in total. The Morgan fingerprint density at radius 3 is 2.72 bits per heavy atom. The van der Waals surface area contributed by atoms with Crippen molar-refractivity contribution in [3.05, 3.63) is 83.8 Å². The maximum atomic E-state index is 13.2. The van der Waals surface area contributed by atoms with Gasteiger partial charge in [0.25, 0.3) is 0 Å². The Labute approximate surface area is 191 Å². The van der Waals surface area contributed by atoms with Crippen LogP contribution in [-0.2, 0) is 17.8 Å². The molecule has 0 bridgehead atoms. The van der Waals surface area contributed by atoms with E-state index < -0.39 is 0 Å². The van der Waals surface area contributed by atoms with Crippen molar-refractivity contribution in [3.63, 3.8) is 0 Å². The lowest BCUT2D eigenvalue weighted by atomic mass is 10.1. The van der Waals surface area contributed by atoms with Crippen molar-refractivity contribution in [1.29, 1.82) is 0 Å². The highest BCUT2D eigenvalue weighted by Gasteiger charge is 2.30. The smallest absolute Gasteiger partial charge is 0.237 e. The second-order valence-corrected chi connectivity index (χ2v) is 8.96. The molecule has 0 aliphatic carbocycles. The summed E-state index contributed by atoms with van der Waals surface area (Å²) in [6.07, 6.45) is 2.55. The summed E-state index contributed by atoms with van der Waals surface area (Å²) < 4.78 is 7.61. The second kappa shape index (κ2) is 8.67. The van der Waals surface area contributed by atoms with Crippen molar-refractivity contribution in [1.82, 2.24) is 14.8 Å². The van der Waals surface area contributed by atoms with E-state index in [1.165, 1.54) is 17.3 Å². The number of para-hydroxylation sites is 1. The monoisotopic (exact) mass is 444 g/mol. The van der Waals surface area contributed by atoms with Gasteiger partial charge in [-0.1, -0.05) is 54.2 Å². The van der Waals surface area contributed by atoms with E-state index in [1.54, 1.807) is 6.26 Å². The van der Waals surface area contributed by atoms with Gasteiger partial charge in [-0.25, -0.2) is 0 Å². The molecule has 7 heteroatoms. The number of aromatic nitrogens is 3. The van der Waals surface area contributed by atoms with Crippen molar-refractivity contribution in [2.45, 2.75) is 38.0 Å². The van der Waals surface area contributed by atoms with Crippen LogP contribution in [0.4, 0.5) is 5.69 Å². The minimum atomic E-state index is 0.0810. The number of anilines is 1. The van der Waals surface area contributed by atoms with Crippen molar-refractivity contribution < 1.29 is 9.21 Å². The Morgan fingerprint density at radius 1 is 1.09 bits per heavy atom. The first kappa shape index (κ1) is 20.6. The zero-order valence-corrected chi connectivity index (χ0v) is 18.9. The van der Waals surface area contributed by atoms with Gasteiger partial charge in [-0.2, -0.15) is 0 Å². The minimum absolute atomic E-state index is 0.0810. The number of benzene rings is 2. The molecule has 0 fully saturated rings. The third kappa shape index (κ3) is 3.84. The quantitative estimate of drug-likeness (QED) is 0.393. The molecule has 32 heavy (non-hydrogen) atoms. The molecule has 1 amide bonds. The fourth-order valence-electron chi connectivity index (χ4n) is 4.26. The van der Waals surface area contributed by atoms with E-state index in [0.717, 1.165) is 34.8 Å². The van der Waals surface area contributed by atoms with Gasteiger partial charge in [-0.15, -0.1) is 10.2 Å². The number of hydrogen-bond donors (Lipinski definition) is 0. The van der Waals surface area contributed by atoms with Crippen molar-refractivity contribution >= 4 is 23.4 Å². The number of aryl methyl sites for hydroxylation is 1. The Morgan fingerprint density at radius 2 is 1.91 bits per heavy atom. The minimum Gasteiger partial charge on any atom is -0.467 e. The van der Waals surface area contributed by atoms with Crippen LogP contribution in [-0.4, -0.2) is 32.5 Å². The summed E-state index contributed by atoms with van der Waals surface area (Å²) in [6, 6.07) is 20.2. The van der Waals surface area contributed by atoms with Crippen LogP contribution in [0.25, 0.3) is 11.4 Å². The summed E-state index contributed by atoms with van der Waals surface area (Å²) in [6.45, 7) is 4.66. The highest BCUT2D eigenvalue weighted by Crippen LogP contribution is 2.33. The molecule has 0 N–H and O–H groups in total. The van der Waals surface area contributed by atoms with Crippen LogP contribution in [0, 0.1) is 6.92 Å². The van der Waals surface area contributed by atoms with E-state index in [1.807, 2.05) is 58.0 Å². The summed E-state index contributed by atoms with van der Waals surface area (Å²) in [5.74, 6) is 1.96. The molecule has 1 unspecified atom stereocenters. The Kier molecular flexibility index (Phi) is 5.57. The van der Waals surface area contributed by atoms with Crippen LogP contribution >= 0.6 is 11.8 Å². The summed E-state index contributed by atoms with van der Waals surface area (Å²) in [5.41, 5.74) is 4.38. The van der Waals surface area contributed by atoms with E-state index in [0.29, 0.717) is 17.5 Å². The first-order valence-electron chi connectivity index (χ1n) is 10.7. The molecule has 5 rings (SSSR count). The number of furan rings is 1. The number of thioether (sulfide) groups is 1. The largest absolute Gasteiger partial charge is 0.467 e. The topological polar surface area (TPSA) is 64.2 Å². The lowest BCUT2D eigenvalue weighted by Crippen LogP contribution is -2.37. The van der Waals surface area contributed by atoms with E-state index in [9.17, 15) is 4.79 Å². The van der Waals surface area contributed by atoms with Crippen molar-refractivity contribution in [2.24, 2.45) is 0 Å². The van der Waals surface area contributed by atoms with Crippen LogP contribution in [0.3, 0.4) is 0 Å². The van der Waals surface area contributed by atoms with Crippen LogP contribution < -0.4 is 4.90 Å². The van der Waals surface area contributed by atoms with Gasteiger partial charge >= 0.3 is 0 Å². The standard InChI is InChI=1S/C25H24N4O2S/c1-17-8-3-5-11-21(17)24-26-27-25(28(24)15-20-10-7-13-31-20)32-16-23(30)29-18(2)14-19-9-4-6-12-22(19)29/h3-13,18H,14-16H2,1-2H3. The van der Waals surface area contributed by atoms with E-state index in [4.69, 9.17) is 4.42 Å². The maximum absolute atomic E-state index is 13.2. The van der Waals surface area contributed by atoms with E-state index in [-0.39, 0.29) is 11.9 Å². The molecule has 0 saturated carbocycles. The van der Waals surface area contributed by atoms with Crippen LogP contribution in [0.5, 0.6) is 0 Å². The van der Waals surface area contributed by atoms with Gasteiger partial charge in [-0.05, 0) is 49.6 Å². The van der Waals surface area contributed by atoms with Gasteiger partial charge in [0.05, 0.1) is 18.6 Å². The van der Waals surface area contributed by atoms with Gasteiger partial charge in [0, 0.05) is 17.3 Å². The molecule has 0 radical (unpaired) electrons. The third-order valence-electron chi connectivity index (χ3n) is 5.80. The van der Waals surface area contributed by atoms with Gasteiger partial charge < -0.3 is 9.32 Å². The predicted molar refractivity (Wildman–Crippen MR) is 126 cm³/mol. The lowest BCUT2D eigenvalue weighted by molar-refractivity contribution is -0.116. The Bertz CT molecular complexity index is 1250. The molecular formula is C25H24N4O2S. The van der Waals surface area contributed by atoms with Crippen LogP contribution in [0.15, 0.2) is 76.5 Å². The van der Waals surface area contributed by atoms with E-state index >= 15 is 0 Å². The fraction of sp³-hybridized carbons (Fsp3) is 0.240. The molecule has 0 saturated heterocycles. The average Bonchev–Trinajstić information content (AvgIpc) is 3.51. The molecule has 4 aromatic rings. The number of fused-ring (bicyclic) bond motifs is 1. The number of carbonyl (C=O) groups excluding carboxylic acids is 1. The number of rotatable bonds is 6. The SMILES string of the molecule is Cc1ccccc1-c1nnc(SCC(=O)N2c3ccccc3CC2C)n1Cc1ccco1. The zero-order chi connectivity index (χ0) is 22.1. The number of carbonyl (C=O) groups is 1. The normalized spacial score (nSPS) is 15.2. The highest BCUT2D eigenvalue weighted by molar-refractivity contribution is 7.99. The van der Waals surface area contributed by atoms with Crippen molar-refractivity contribution in [2.75, 3.05) is 10.7 Å². The summed E-state index contributed by atoms with van der Waals surface area (Å²) in [7, 11) is 0. The lowest BCUT2D eigenvalue weighted by Gasteiger charge is -2.22. The third-order valence-corrected chi connectivity index (χ3v) is 6.75. The van der Waals surface area contributed by atoms with Gasteiger partial charge in [0.1, 0.15) is 5.76 Å². The van der Waals surface area contributed by atoms with E-state index in [2.05, 4.69) is 36.2 Å². The highest BCUT2D eigenvalue weighted by atomic mass is 32.2.